The molecule has 1 aliphatic rings. The Labute approximate surface area is 115 Å². The highest BCUT2D eigenvalue weighted by molar-refractivity contribution is 5.38. The van der Waals surface area contributed by atoms with Crippen LogP contribution >= 0.6 is 0 Å². The van der Waals surface area contributed by atoms with Gasteiger partial charge in [0.1, 0.15) is 5.82 Å². The van der Waals surface area contributed by atoms with Crippen molar-refractivity contribution in [2.24, 2.45) is 5.92 Å². The molecule has 1 aromatic heterocycles. The molecule has 1 fully saturated rings. The summed E-state index contributed by atoms with van der Waals surface area (Å²) in [6, 6.07) is 0.453. The van der Waals surface area contributed by atoms with Gasteiger partial charge in [0, 0.05) is 19.1 Å². The van der Waals surface area contributed by atoms with Crippen LogP contribution in [0.2, 0.25) is 0 Å². The number of hydrogen-bond donors (Lipinski definition) is 1. The molecule has 2 rings (SSSR count). The van der Waals surface area contributed by atoms with Gasteiger partial charge in [-0.2, -0.15) is 0 Å². The van der Waals surface area contributed by atoms with Gasteiger partial charge < -0.3 is 10.2 Å². The Morgan fingerprint density at radius 1 is 1.42 bits per heavy atom. The standard InChI is InChI=1S/C15H22N4/c1-4-7-19(11-13-5-6-13)15-10-17-14(9-18-15)8-16-12(2)3/h1,9-10,12-13,16H,5-8,11H2,2-3H3. The van der Waals surface area contributed by atoms with E-state index < -0.39 is 0 Å². The largest absolute Gasteiger partial charge is 0.344 e. The zero-order valence-corrected chi connectivity index (χ0v) is 11.8. The van der Waals surface area contributed by atoms with E-state index in [0.29, 0.717) is 12.6 Å². The van der Waals surface area contributed by atoms with Gasteiger partial charge in [0.05, 0.1) is 24.6 Å². The third-order valence-electron chi connectivity index (χ3n) is 3.16. The highest BCUT2D eigenvalue weighted by atomic mass is 15.2. The third kappa shape index (κ3) is 4.53. The summed E-state index contributed by atoms with van der Waals surface area (Å²) in [6.07, 6.45) is 11.7. The van der Waals surface area contributed by atoms with Crippen molar-refractivity contribution in [3.05, 3.63) is 18.1 Å². The van der Waals surface area contributed by atoms with Crippen LogP contribution in [0.4, 0.5) is 5.82 Å². The molecule has 0 aliphatic heterocycles. The Balaban J connectivity index is 1.96. The predicted molar refractivity (Wildman–Crippen MR) is 77.8 cm³/mol. The molecule has 4 heteroatoms. The lowest BCUT2D eigenvalue weighted by Gasteiger charge is -2.20. The van der Waals surface area contributed by atoms with Gasteiger partial charge in [-0.3, -0.25) is 4.98 Å². The first-order chi connectivity index (χ1) is 9.19. The normalized spacial score (nSPS) is 14.4. The predicted octanol–water partition coefficient (Wildman–Crippen LogP) is 1.82. The molecule has 1 aliphatic carbocycles. The number of rotatable bonds is 7. The van der Waals surface area contributed by atoms with Crippen LogP contribution in [0.1, 0.15) is 32.4 Å². The van der Waals surface area contributed by atoms with Gasteiger partial charge in [-0.1, -0.05) is 19.8 Å². The van der Waals surface area contributed by atoms with E-state index in [9.17, 15) is 0 Å². The van der Waals surface area contributed by atoms with Gasteiger partial charge in [0.2, 0.25) is 0 Å². The Hall–Kier alpha value is -1.60. The van der Waals surface area contributed by atoms with E-state index in [-0.39, 0.29) is 0 Å². The molecule has 0 spiro atoms. The average molecular weight is 258 g/mol. The maximum atomic E-state index is 5.42. The van der Waals surface area contributed by atoms with Crippen LogP contribution in [0, 0.1) is 18.3 Å². The van der Waals surface area contributed by atoms with Crippen molar-refractivity contribution in [1.82, 2.24) is 15.3 Å². The molecule has 0 saturated heterocycles. The molecule has 0 bridgehead atoms. The zero-order chi connectivity index (χ0) is 13.7. The minimum atomic E-state index is 0.453. The van der Waals surface area contributed by atoms with E-state index in [1.54, 1.807) is 0 Å². The number of nitrogens with zero attached hydrogens (tertiary/aromatic N) is 3. The summed E-state index contributed by atoms with van der Waals surface area (Å²) in [6.45, 7) is 6.60. The zero-order valence-electron chi connectivity index (χ0n) is 11.8. The van der Waals surface area contributed by atoms with Crippen molar-refractivity contribution in [2.75, 3.05) is 18.0 Å². The Morgan fingerprint density at radius 3 is 2.74 bits per heavy atom. The fourth-order valence-corrected chi connectivity index (χ4v) is 1.87. The van der Waals surface area contributed by atoms with Gasteiger partial charge >= 0.3 is 0 Å². The molecular weight excluding hydrogens is 236 g/mol. The van der Waals surface area contributed by atoms with Crippen molar-refractivity contribution in [2.45, 2.75) is 39.3 Å². The third-order valence-corrected chi connectivity index (χ3v) is 3.16. The second kappa shape index (κ2) is 6.53. The number of nitrogens with one attached hydrogen (secondary N) is 1. The Morgan fingerprint density at radius 2 is 2.21 bits per heavy atom. The number of aromatic nitrogens is 2. The first-order valence-corrected chi connectivity index (χ1v) is 6.91. The van der Waals surface area contributed by atoms with E-state index >= 15 is 0 Å². The summed E-state index contributed by atoms with van der Waals surface area (Å²) in [5.41, 5.74) is 0.963. The molecule has 0 atom stereocenters. The molecule has 1 aromatic rings. The van der Waals surface area contributed by atoms with E-state index in [1.807, 2.05) is 12.4 Å². The van der Waals surface area contributed by atoms with Crippen molar-refractivity contribution in [3.8, 4) is 12.3 Å². The van der Waals surface area contributed by atoms with Crippen LogP contribution in [-0.2, 0) is 6.54 Å². The highest BCUT2D eigenvalue weighted by Crippen LogP contribution is 2.30. The van der Waals surface area contributed by atoms with Crippen molar-refractivity contribution >= 4 is 5.82 Å². The Bertz CT molecular complexity index is 428. The van der Waals surface area contributed by atoms with Crippen molar-refractivity contribution < 1.29 is 0 Å². The lowest BCUT2D eigenvalue weighted by atomic mass is 10.3. The minimum Gasteiger partial charge on any atom is -0.344 e. The first-order valence-electron chi connectivity index (χ1n) is 6.91. The molecule has 1 saturated carbocycles. The number of hydrogen-bond acceptors (Lipinski definition) is 4. The maximum absolute atomic E-state index is 5.42. The van der Waals surface area contributed by atoms with Crippen LogP contribution in [0.15, 0.2) is 12.4 Å². The monoisotopic (exact) mass is 258 g/mol. The molecule has 0 aromatic carbocycles. The van der Waals surface area contributed by atoms with Crippen LogP contribution in [0.25, 0.3) is 0 Å². The second-order valence-corrected chi connectivity index (χ2v) is 5.43. The molecule has 1 N–H and O–H groups in total. The molecule has 0 unspecified atom stereocenters. The second-order valence-electron chi connectivity index (χ2n) is 5.43. The molecule has 102 valence electrons. The van der Waals surface area contributed by atoms with Gasteiger partial charge in [-0.05, 0) is 18.8 Å². The quantitative estimate of drug-likeness (QED) is 0.758. The fourth-order valence-electron chi connectivity index (χ4n) is 1.87. The molecule has 0 amide bonds. The maximum Gasteiger partial charge on any atom is 0.147 e. The fraction of sp³-hybridized carbons (Fsp3) is 0.600. The van der Waals surface area contributed by atoms with Crippen LogP contribution < -0.4 is 10.2 Å². The van der Waals surface area contributed by atoms with Gasteiger partial charge in [0.25, 0.3) is 0 Å². The molecule has 4 nitrogen and oxygen atoms in total. The van der Waals surface area contributed by atoms with Crippen LogP contribution in [0.5, 0.6) is 0 Å². The first kappa shape index (κ1) is 13.8. The summed E-state index contributed by atoms with van der Waals surface area (Å²) in [4.78, 5) is 11.1. The number of terminal acetylenes is 1. The number of anilines is 1. The summed E-state index contributed by atoms with van der Waals surface area (Å²) < 4.78 is 0. The molecule has 19 heavy (non-hydrogen) atoms. The molecule has 1 heterocycles. The SMILES string of the molecule is C#CCN(CC1CC1)c1cnc(CNC(C)C)cn1. The summed E-state index contributed by atoms with van der Waals surface area (Å²) in [5, 5.41) is 3.33. The van der Waals surface area contributed by atoms with E-state index in [2.05, 4.69) is 40.0 Å². The van der Waals surface area contributed by atoms with Gasteiger partial charge in [-0.25, -0.2) is 4.98 Å². The van der Waals surface area contributed by atoms with Crippen LogP contribution in [-0.4, -0.2) is 29.1 Å². The van der Waals surface area contributed by atoms with Crippen LogP contribution in [0.3, 0.4) is 0 Å². The lowest BCUT2D eigenvalue weighted by Crippen LogP contribution is -2.27. The van der Waals surface area contributed by atoms with Crippen molar-refractivity contribution in [1.29, 1.82) is 0 Å². The topological polar surface area (TPSA) is 41.1 Å². The van der Waals surface area contributed by atoms with Gasteiger partial charge in [-0.15, -0.1) is 6.42 Å². The van der Waals surface area contributed by atoms with E-state index in [1.165, 1.54) is 12.8 Å². The van der Waals surface area contributed by atoms with E-state index in [0.717, 1.165) is 30.5 Å². The Kier molecular flexibility index (Phi) is 4.75. The van der Waals surface area contributed by atoms with Crippen molar-refractivity contribution in [3.63, 3.8) is 0 Å². The molecular formula is C15H22N4. The summed E-state index contributed by atoms with van der Waals surface area (Å²) in [5.74, 6) is 4.38. The summed E-state index contributed by atoms with van der Waals surface area (Å²) in [7, 11) is 0. The smallest absolute Gasteiger partial charge is 0.147 e. The minimum absolute atomic E-state index is 0.453. The van der Waals surface area contributed by atoms with Gasteiger partial charge in [0.15, 0.2) is 0 Å². The highest BCUT2D eigenvalue weighted by Gasteiger charge is 2.24. The molecule has 0 radical (unpaired) electrons. The van der Waals surface area contributed by atoms with E-state index in [4.69, 9.17) is 6.42 Å². The average Bonchev–Trinajstić information content (AvgIpc) is 3.20. The lowest BCUT2D eigenvalue weighted by molar-refractivity contribution is 0.580. The summed E-state index contributed by atoms with van der Waals surface area (Å²) >= 11 is 0.